The van der Waals surface area contributed by atoms with Crippen molar-refractivity contribution in [1.82, 2.24) is 5.32 Å². The molecule has 2 N–H and O–H groups in total. The van der Waals surface area contributed by atoms with Gasteiger partial charge in [-0.1, -0.05) is 150 Å². The molecule has 0 radical (unpaired) electrons. The van der Waals surface area contributed by atoms with Crippen molar-refractivity contribution < 1.29 is 14.7 Å². The molecule has 0 unspecified atom stereocenters. The first-order chi connectivity index (χ1) is 18.0. The number of carboxylic acid groups (broad SMARTS) is 1. The van der Waals surface area contributed by atoms with E-state index >= 15 is 0 Å². The topological polar surface area (TPSA) is 66.4 Å². The molecule has 0 spiro atoms. The SMILES string of the molecule is C.C.CC(C)CCNC(=O)C(c1ccccc1)c1ccccc1.O=C(O)C(c1ccccc1)c1ccccc1. The average molecular weight is 526 g/mol. The Bertz CT molecular complexity index is 1130. The Labute approximate surface area is 234 Å². The van der Waals surface area contributed by atoms with E-state index in [-0.39, 0.29) is 26.7 Å². The summed E-state index contributed by atoms with van der Waals surface area (Å²) in [5, 5.41) is 12.4. The Morgan fingerprint density at radius 2 is 0.897 bits per heavy atom. The van der Waals surface area contributed by atoms with Gasteiger partial charge in [0.1, 0.15) is 5.92 Å². The van der Waals surface area contributed by atoms with Gasteiger partial charge in [-0.05, 0) is 34.6 Å². The quantitative estimate of drug-likeness (QED) is 0.232. The summed E-state index contributed by atoms with van der Waals surface area (Å²) in [6.07, 6.45) is 1.00. The predicted octanol–water partition coefficient (Wildman–Crippen LogP) is 8.16. The van der Waals surface area contributed by atoms with Crippen LogP contribution in [0.25, 0.3) is 0 Å². The summed E-state index contributed by atoms with van der Waals surface area (Å²) < 4.78 is 0. The molecule has 0 saturated heterocycles. The predicted molar refractivity (Wildman–Crippen MR) is 163 cm³/mol. The zero-order valence-corrected chi connectivity index (χ0v) is 21.5. The van der Waals surface area contributed by atoms with Crippen LogP contribution in [-0.4, -0.2) is 23.5 Å². The highest BCUT2D eigenvalue weighted by Gasteiger charge is 2.22. The van der Waals surface area contributed by atoms with Crippen molar-refractivity contribution in [3.8, 4) is 0 Å². The maximum atomic E-state index is 12.6. The molecule has 4 rings (SSSR count). The maximum Gasteiger partial charge on any atom is 0.315 e. The van der Waals surface area contributed by atoms with E-state index in [9.17, 15) is 14.7 Å². The summed E-state index contributed by atoms with van der Waals surface area (Å²) in [5.74, 6) is -0.968. The molecule has 0 aliphatic rings. The Balaban J connectivity index is 0.000000382. The number of rotatable bonds is 9. The molecule has 0 atom stereocenters. The minimum atomic E-state index is -0.822. The molecule has 0 bridgehead atoms. The third kappa shape index (κ3) is 10.2. The van der Waals surface area contributed by atoms with Crippen LogP contribution in [0, 0.1) is 5.92 Å². The second kappa shape index (κ2) is 17.4. The smallest absolute Gasteiger partial charge is 0.315 e. The van der Waals surface area contributed by atoms with E-state index < -0.39 is 11.9 Å². The van der Waals surface area contributed by atoms with Gasteiger partial charge < -0.3 is 10.4 Å². The maximum absolute atomic E-state index is 12.6. The van der Waals surface area contributed by atoms with Crippen molar-refractivity contribution in [2.45, 2.75) is 47.0 Å². The molecular formula is C35H43NO3. The summed E-state index contributed by atoms with van der Waals surface area (Å²) in [6, 6.07) is 38.5. The molecule has 4 heteroatoms. The van der Waals surface area contributed by atoms with Crippen LogP contribution in [0.2, 0.25) is 0 Å². The van der Waals surface area contributed by atoms with Crippen molar-refractivity contribution in [1.29, 1.82) is 0 Å². The first-order valence-corrected chi connectivity index (χ1v) is 12.7. The molecule has 0 aromatic heterocycles. The van der Waals surface area contributed by atoms with Crippen LogP contribution in [0.3, 0.4) is 0 Å². The van der Waals surface area contributed by atoms with Crippen LogP contribution in [0.5, 0.6) is 0 Å². The van der Waals surface area contributed by atoms with Gasteiger partial charge in [0.25, 0.3) is 0 Å². The van der Waals surface area contributed by atoms with Gasteiger partial charge >= 0.3 is 5.97 Å². The fourth-order valence-electron chi connectivity index (χ4n) is 4.14. The van der Waals surface area contributed by atoms with Crippen molar-refractivity contribution in [2.75, 3.05) is 6.54 Å². The van der Waals surface area contributed by atoms with E-state index in [1.165, 1.54) is 0 Å². The van der Waals surface area contributed by atoms with E-state index in [0.29, 0.717) is 5.92 Å². The van der Waals surface area contributed by atoms with Crippen LogP contribution < -0.4 is 5.32 Å². The van der Waals surface area contributed by atoms with Gasteiger partial charge in [0.2, 0.25) is 5.91 Å². The number of benzene rings is 4. The first kappa shape index (κ1) is 32.8. The number of carbonyl (C=O) groups excluding carboxylic acids is 1. The molecule has 4 aromatic rings. The minimum Gasteiger partial charge on any atom is -0.481 e. The second-order valence-corrected chi connectivity index (χ2v) is 9.32. The minimum absolute atomic E-state index is 0. The lowest BCUT2D eigenvalue weighted by Crippen LogP contribution is -2.31. The molecule has 4 aromatic carbocycles. The number of carboxylic acids is 1. The average Bonchev–Trinajstić information content (AvgIpc) is 2.91. The van der Waals surface area contributed by atoms with Crippen LogP contribution in [0.15, 0.2) is 121 Å². The lowest BCUT2D eigenvalue weighted by atomic mass is 9.90. The molecule has 0 saturated carbocycles. The summed E-state index contributed by atoms with van der Waals surface area (Å²) >= 11 is 0. The summed E-state index contributed by atoms with van der Waals surface area (Å²) in [6.45, 7) is 5.06. The van der Waals surface area contributed by atoms with E-state index in [1.54, 1.807) is 0 Å². The summed E-state index contributed by atoms with van der Waals surface area (Å²) in [7, 11) is 0. The Hall–Kier alpha value is -4.18. The van der Waals surface area contributed by atoms with Gasteiger partial charge in [0, 0.05) is 6.54 Å². The van der Waals surface area contributed by atoms with Crippen molar-refractivity contribution in [3.05, 3.63) is 144 Å². The van der Waals surface area contributed by atoms with Crippen LogP contribution in [0.4, 0.5) is 0 Å². The highest BCUT2D eigenvalue weighted by molar-refractivity contribution is 5.87. The molecule has 0 heterocycles. The molecular weight excluding hydrogens is 482 g/mol. The number of hydrogen-bond acceptors (Lipinski definition) is 2. The van der Waals surface area contributed by atoms with Crippen LogP contribution >= 0.6 is 0 Å². The third-order valence-electron chi connectivity index (χ3n) is 6.06. The highest BCUT2D eigenvalue weighted by atomic mass is 16.4. The highest BCUT2D eigenvalue weighted by Crippen LogP contribution is 2.25. The lowest BCUT2D eigenvalue weighted by molar-refractivity contribution is -0.137. The van der Waals surface area contributed by atoms with Gasteiger partial charge in [0.05, 0.1) is 5.92 Å². The molecule has 0 aliphatic heterocycles. The normalized spacial score (nSPS) is 10.1. The van der Waals surface area contributed by atoms with Gasteiger partial charge in [0.15, 0.2) is 0 Å². The third-order valence-corrected chi connectivity index (χ3v) is 6.06. The van der Waals surface area contributed by atoms with E-state index in [4.69, 9.17) is 0 Å². The summed E-state index contributed by atoms with van der Waals surface area (Å²) in [5.41, 5.74) is 3.68. The number of carbonyl (C=O) groups is 2. The molecule has 0 fully saturated rings. The van der Waals surface area contributed by atoms with E-state index in [1.807, 2.05) is 121 Å². The Morgan fingerprint density at radius 3 is 1.18 bits per heavy atom. The van der Waals surface area contributed by atoms with Crippen molar-refractivity contribution >= 4 is 11.9 Å². The van der Waals surface area contributed by atoms with Crippen LogP contribution in [-0.2, 0) is 9.59 Å². The fourth-order valence-corrected chi connectivity index (χ4v) is 4.14. The molecule has 206 valence electrons. The van der Waals surface area contributed by atoms with Crippen LogP contribution in [0.1, 0.15) is 69.2 Å². The van der Waals surface area contributed by atoms with Gasteiger partial charge in [-0.3, -0.25) is 9.59 Å². The monoisotopic (exact) mass is 525 g/mol. The van der Waals surface area contributed by atoms with Crippen molar-refractivity contribution in [3.63, 3.8) is 0 Å². The molecule has 39 heavy (non-hydrogen) atoms. The van der Waals surface area contributed by atoms with Gasteiger partial charge in [-0.25, -0.2) is 0 Å². The van der Waals surface area contributed by atoms with Gasteiger partial charge in [-0.2, -0.15) is 0 Å². The zero-order valence-electron chi connectivity index (χ0n) is 21.5. The number of aliphatic carboxylic acids is 1. The molecule has 1 amide bonds. The molecule has 0 aliphatic carbocycles. The first-order valence-electron chi connectivity index (χ1n) is 12.7. The van der Waals surface area contributed by atoms with E-state index in [0.717, 1.165) is 35.2 Å². The fraction of sp³-hybridized carbons (Fsp3) is 0.257. The lowest BCUT2D eigenvalue weighted by Gasteiger charge is -2.18. The second-order valence-electron chi connectivity index (χ2n) is 9.32. The van der Waals surface area contributed by atoms with E-state index in [2.05, 4.69) is 19.2 Å². The summed E-state index contributed by atoms with van der Waals surface area (Å²) in [4.78, 5) is 23.9. The zero-order chi connectivity index (χ0) is 26.5. The number of nitrogens with one attached hydrogen (secondary N) is 1. The standard InChI is InChI=1S/C19H23NO.C14H12O2.2CH4/c1-15(2)13-14-20-19(21)18(16-9-5-3-6-10-16)17-11-7-4-8-12-17;15-14(16)13(11-7-3-1-4-8-11)12-9-5-2-6-10-12;;/h3-12,15,18H,13-14H2,1-2H3,(H,20,21);1-10,13H,(H,15,16);2*1H4. The Kier molecular flexibility index (Phi) is 14.6. The van der Waals surface area contributed by atoms with Crippen molar-refractivity contribution in [2.24, 2.45) is 5.92 Å². The number of hydrogen-bond donors (Lipinski definition) is 2. The number of amides is 1. The van der Waals surface area contributed by atoms with Gasteiger partial charge in [-0.15, -0.1) is 0 Å². The Morgan fingerprint density at radius 1 is 0.590 bits per heavy atom. The largest absolute Gasteiger partial charge is 0.481 e. The molecule has 4 nitrogen and oxygen atoms in total.